The number of hydrogen-bond acceptors (Lipinski definition) is 5. The van der Waals surface area contributed by atoms with Crippen LogP contribution in [0.2, 0.25) is 0 Å². The smallest absolute Gasteiger partial charge is 0.276 e. The predicted molar refractivity (Wildman–Crippen MR) is 107 cm³/mol. The van der Waals surface area contributed by atoms with Crippen LogP contribution in [-0.4, -0.2) is 44.8 Å². The fraction of sp³-hybridized carbons (Fsp3) is 0.409. The highest BCUT2D eigenvalue weighted by Gasteiger charge is 2.47. The van der Waals surface area contributed by atoms with Gasteiger partial charge in [-0.3, -0.25) is 14.4 Å². The van der Waals surface area contributed by atoms with Crippen molar-refractivity contribution in [1.82, 2.24) is 14.8 Å². The molecular formula is C22H20F3N3O5. The molecule has 2 aliphatic heterocycles. The molecule has 0 spiro atoms. The van der Waals surface area contributed by atoms with Crippen LogP contribution in [-0.2, 0) is 11.3 Å². The number of ether oxygens (including phenoxy) is 1. The monoisotopic (exact) mass is 463 g/mol. The number of carbonyl (C=O) groups is 2. The Morgan fingerprint density at radius 3 is 2.61 bits per heavy atom. The lowest BCUT2D eigenvalue weighted by Gasteiger charge is -2.44. The average molecular weight is 463 g/mol. The second-order valence-electron chi connectivity index (χ2n) is 8.59. The number of halogens is 3. The quantitative estimate of drug-likeness (QED) is 0.727. The van der Waals surface area contributed by atoms with Crippen LogP contribution >= 0.6 is 0 Å². The number of fused-ring (bicyclic) bond motifs is 5. The standard InChI is InChI=1S/C22H20F3N3O5/c1-9(17-14(24)4-10(23)5-15(17)25)26-21(31)13-7-27-8-16-28(11-2-3-12(6-11)33-16)22(32)18(27)20(30)19(13)29/h4-5,7,9,11-12,16,30H,2-3,6,8H2,1H3,(H,26,31)/t9-,11-,12-,16+/m1/s1. The lowest BCUT2D eigenvalue weighted by atomic mass is 10.0. The Balaban J connectivity index is 1.47. The van der Waals surface area contributed by atoms with Crippen LogP contribution in [0.1, 0.15) is 58.6 Å². The number of benzene rings is 1. The summed E-state index contributed by atoms with van der Waals surface area (Å²) in [5.74, 6) is -5.94. The van der Waals surface area contributed by atoms with Gasteiger partial charge in [-0.1, -0.05) is 0 Å². The zero-order valence-electron chi connectivity index (χ0n) is 17.5. The van der Waals surface area contributed by atoms with Gasteiger partial charge >= 0.3 is 0 Å². The fourth-order valence-electron chi connectivity index (χ4n) is 5.03. The molecule has 2 aromatic rings. The maximum absolute atomic E-state index is 14.1. The minimum absolute atomic E-state index is 0.0303. The molecule has 1 saturated heterocycles. The first kappa shape index (κ1) is 21.5. The summed E-state index contributed by atoms with van der Waals surface area (Å²) >= 11 is 0. The lowest BCUT2D eigenvalue weighted by Crippen LogP contribution is -2.57. The van der Waals surface area contributed by atoms with Crippen molar-refractivity contribution in [3.05, 3.63) is 62.8 Å². The van der Waals surface area contributed by atoms with Gasteiger partial charge in [0.1, 0.15) is 23.0 Å². The number of rotatable bonds is 3. The van der Waals surface area contributed by atoms with Crippen LogP contribution in [0.5, 0.6) is 5.75 Å². The number of pyridine rings is 1. The van der Waals surface area contributed by atoms with Crippen molar-refractivity contribution < 1.29 is 32.6 Å². The van der Waals surface area contributed by atoms with E-state index in [-0.39, 0.29) is 24.4 Å². The zero-order chi connectivity index (χ0) is 23.6. The number of nitrogens with zero attached hydrogens (tertiary/aromatic N) is 2. The molecular weight excluding hydrogens is 443 g/mol. The van der Waals surface area contributed by atoms with E-state index in [1.54, 1.807) is 4.90 Å². The molecule has 2 N–H and O–H groups in total. The summed E-state index contributed by atoms with van der Waals surface area (Å²) in [5.41, 5.74) is -2.40. The van der Waals surface area contributed by atoms with Crippen molar-refractivity contribution in [1.29, 1.82) is 0 Å². The Morgan fingerprint density at radius 2 is 1.91 bits per heavy atom. The molecule has 0 unspecified atom stereocenters. The van der Waals surface area contributed by atoms with E-state index in [9.17, 15) is 32.7 Å². The molecule has 4 atom stereocenters. The predicted octanol–water partition coefficient (Wildman–Crippen LogP) is 2.20. The minimum Gasteiger partial charge on any atom is -0.503 e. The number of aromatic hydroxyl groups is 1. The lowest BCUT2D eigenvalue weighted by molar-refractivity contribution is -0.132. The van der Waals surface area contributed by atoms with Crippen molar-refractivity contribution in [3.63, 3.8) is 0 Å². The van der Waals surface area contributed by atoms with Crippen molar-refractivity contribution >= 4 is 11.8 Å². The topological polar surface area (TPSA) is 101 Å². The van der Waals surface area contributed by atoms with E-state index in [0.717, 1.165) is 19.0 Å². The van der Waals surface area contributed by atoms with Gasteiger partial charge in [0.2, 0.25) is 5.43 Å². The molecule has 0 radical (unpaired) electrons. The summed E-state index contributed by atoms with van der Waals surface area (Å²) in [6.07, 6.45) is 2.85. The third-order valence-corrected chi connectivity index (χ3v) is 6.53. The van der Waals surface area contributed by atoms with E-state index >= 15 is 0 Å². The Morgan fingerprint density at radius 1 is 1.21 bits per heavy atom. The SMILES string of the molecule is C[C@@H](NC(=O)c1cn2c(c(O)c1=O)C(=O)N1[C@@H]3CC[C@H](C3)O[C@H]1C2)c1c(F)cc(F)cc1F. The van der Waals surface area contributed by atoms with Gasteiger partial charge in [-0.05, 0) is 26.2 Å². The van der Waals surface area contributed by atoms with Gasteiger partial charge in [0.15, 0.2) is 17.7 Å². The maximum Gasteiger partial charge on any atom is 0.276 e. The first-order valence-corrected chi connectivity index (χ1v) is 10.6. The fourth-order valence-corrected chi connectivity index (χ4v) is 5.03. The number of hydrogen-bond donors (Lipinski definition) is 2. The number of amides is 2. The minimum atomic E-state index is -1.25. The van der Waals surface area contributed by atoms with Crippen LogP contribution in [0.3, 0.4) is 0 Å². The first-order valence-electron chi connectivity index (χ1n) is 10.6. The van der Waals surface area contributed by atoms with Crippen LogP contribution in [0.25, 0.3) is 0 Å². The van der Waals surface area contributed by atoms with E-state index in [0.29, 0.717) is 18.6 Å². The molecule has 1 aromatic heterocycles. The van der Waals surface area contributed by atoms with Crippen LogP contribution in [0.4, 0.5) is 13.2 Å². The highest BCUT2D eigenvalue weighted by Crippen LogP contribution is 2.38. The molecule has 1 aliphatic carbocycles. The van der Waals surface area contributed by atoms with Gasteiger partial charge in [0.05, 0.1) is 18.7 Å². The molecule has 3 heterocycles. The number of nitrogens with one attached hydrogen (secondary N) is 1. The van der Waals surface area contributed by atoms with Gasteiger partial charge in [-0.15, -0.1) is 0 Å². The van der Waals surface area contributed by atoms with Crippen molar-refractivity contribution in [2.45, 2.75) is 57.1 Å². The third-order valence-electron chi connectivity index (χ3n) is 6.53. The summed E-state index contributed by atoms with van der Waals surface area (Å²) in [5, 5.41) is 12.8. The Labute approximate surface area is 185 Å². The van der Waals surface area contributed by atoms with Gasteiger partial charge < -0.3 is 24.6 Å². The molecule has 174 valence electrons. The molecule has 11 heteroatoms. The largest absolute Gasteiger partial charge is 0.503 e. The van der Waals surface area contributed by atoms with Crippen LogP contribution in [0, 0.1) is 17.5 Å². The summed E-state index contributed by atoms with van der Waals surface area (Å²) < 4.78 is 48.5. The molecule has 1 saturated carbocycles. The Bertz CT molecular complexity index is 1220. The molecule has 2 fully saturated rings. The number of carbonyl (C=O) groups excluding carboxylic acids is 2. The summed E-state index contributed by atoms with van der Waals surface area (Å²) in [4.78, 5) is 40.1. The molecule has 33 heavy (non-hydrogen) atoms. The van der Waals surface area contributed by atoms with Crippen molar-refractivity contribution in [2.24, 2.45) is 0 Å². The second kappa shape index (κ2) is 7.62. The average Bonchev–Trinajstić information content (AvgIpc) is 3.10. The normalized spacial score (nSPS) is 24.3. The molecule has 5 rings (SSSR count). The highest BCUT2D eigenvalue weighted by atomic mass is 19.1. The molecule has 3 aliphatic rings. The second-order valence-corrected chi connectivity index (χ2v) is 8.59. The van der Waals surface area contributed by atoms with E-state index < -0.39 is 63.8 Å². The van der Waals surface area contributed by atoms with E-state index in [4.69, 9.17) is 4.74 Å². The first-order chi connectivity index (χ1) is 15.7. The summed E-state index contributed by atoms with van der Waals surface area (Å²) in [7, 11) is 0. The van der Waals surface area contributed by atoms with E-state index in [1.165, 1.54) is 11.5 Å². The number of aromatic nitrogens is 1. The summed E-state index contributed by atoms with van der Waals surface area (Å²) in [6.45, 7) is 1.37. The molecule has 2 bridgehead atoms. The molecule has 2 amide bonds. The van der Waals surface area contributed by atoms with Gasteiger partial charge in [-0.25, -0.2) is 13.2 Å². The Kier molecular flexibility index (Phi) is 4.96. The molecule has 1 aromatic carbocycles. The van der Waals surface area contributed by atoms with E-state index in [2.05, 4.69) is 5.32 Å². The van der Waals surface area contributed by atoms with Crippen molar-refractivity contribution in [3.8, 4) is 5.75 Å². The maximum atomic E-state index is 14.1. The van der Waals surface area contributed by atoms with Crippen molar-refractivity contribution in [2.75, 3.05) is 0 Å². The zero-order valence-corrected chi connectivity index (χ0v) is 17.5. The summed E-state index contributed by atoms with van der Waals surface area (Å²) in [6, 6.07) is -0.325. The highest BCUT2D eigenvalue weighted by molar-refractivity contribution is 5.99. The van der Waals surface area contributed by atoms with Gasteiger partial charge in [0.25, 0.3) is 11.8 Å². The van der Waals surface area contributed by atoms with Gasteiger partial charge in [-0.2, -0.15) is 0 Å². The third kappa shape index (κ3) is 3.38. The Hall–Kier alpha value is -3.34. The van der Waals surface area contributed by atoms with Crippen LogP contribution in [0.15, 0.2) is 23.1 Å². The van der Waals surface area contributed by atoms with Crippen LogP contribution < -0.4 is 10.7 Å². The molecule has 8 nitrogen and oxygen atoms in total. The van der Waals surface area contributed by atoms with Gasteiger partial charge in [0, 0.05) is 29.9 Å². The van der Waals surface area contributed by atoms with E-state index in [1.807, 2.05) is 0 Å².